The molecule has 0 saturated carbocycles. The molecule has 14 nitrogen and oxygen atoms in total. The number of alkyl halides is 9. The van der Waals surface area contributed by atoms with Gasteiger partial charge in [0.2, 0.25) is 7.37 Å². The van der Waals surface area contributed by atoms with E-state index in [4.69, 9.17) is 35.6 Å². The van der Waals surface area contributed by atoms with Gasteiger partial charge in [-0.2, -0.15) is 35.1 Å². The molecule has 0 aliphatic heterocycles. The van der Waals surface area contributed by atoms with Gasteiger partial charge < -0.3 is 43.2 Å². The number of aldehydes is 2. The molecule has 3 atom stereocenters. The van der Waals surface area contributed by atoms with Crippen molar-refractivity contribution in [1.82, 2.24) is 0 Å². The van der Waals surface area contributed by atoms with E-state index in [-0.39, 0.29) is 60.6 Å². The minimum Gasteiger partial charge on any atom is -0.507 e. The van der Waals surface area contributed by atoms with Crippen molar-refractivity contribution >= 4 is 50.2 Å². The van der Waals surface area contributed by atoms with Crippen molar-refractivity contribution < 1.29 is 115 Å². The van der Waals surface area contributed by atoms with Crippen LogP contribution in [0.5, 0.6) is 23.0 Å². The second kappa shape index (κ2) is 33.9. The van der Waals surface area contributed by atoms with Gasteiger partial charge in [0.1, 0.15) is 64.3 Å². The maximum Gasteiger partial charge on any atom is 0.387 e. The summed E-state index contributed by atoms with van der Waals surface area (Å²) < 4.78 is 187. The van der Waals surface area contributed by atoms with E-state index in [1.807, 2.05) is 19.6 Å². The van der Waals surface area contributed by atoms with Crippen LogP contribution in [0.2, 0.25) is 19.6 Å². The van der Waals surface area contributed by atoms with E-state index in [2.05, 4.69) is 35.0 Å². The highest BCUT2D eigenvalue weighted by atomic mass is 79.9. The Bertz CT molecular complexity index is 2410. The van der Waals surface area contributed by atoms with Crippen LogP contribution >= 0.6 is 23.3 Å². The summed E-state index contributed by atoms with van der Waals surface area (Å²) in [4.78, 5) is 30.8. The van der Waals surface area contributed by atoms with Gasteiger partial charge >= 0.3 is 36.9 Å². The fraction of sp³-hybridized carbons (Fsp3) is 0.364. The topological polar surface area (TPSA) is 189 Å². The molecule has 4 rings (SSSR count). The first-order valence-corrected chi connectivity index (χ1v) is 26.0. The predicted octanol–water partition coefficient (Wildman–Crippen LogP) is 13.2. The van der Waals surface area contributed by atoms with E-state index in [9.17, 15) is 71.6 Å². The lowest BCUT2D eigenvalue weighted by molar-refractivity contribution is -0.147. The van der Waals surface area contributed by atoms with E-state index in [1.54, 1.807) is 13.8 Å². The van der Waals surface area contributed by atoms with Crippen LogP contribution in [0.15, 0.2) is 72.8 Å². The zero-order chi connectivity index (χ0) is 55.6. The second-order valence-electron chi connectivity index (χ2n) is 14.2. The Morgan fingerprint density at radius 1 is 0.740 bits per heavy atom. The molecule has 4 aromatic rings. The van der Waals surface area contributed by atoms with Gasteiger partial charge in [0.05, 0.1) is 17.7 Å². The van der Waals surface area contributed by atoms with Crippen LogP contribution in [0, 0.1) is 29.8 Å². The summed E-state index contributed by atoms with van der Waals surface area (Å²) in [5.41, 5.74) is -0.842. The van der Waals surface area contributed by atoms with E-state index in [0.29, 0.717) is 19.0 Å². The number of carbonyl (C=O) groups excluding carboxylic acids is 2. The van der Waals surface area contributed by atoms with Crippen LogP contribution in [0.3, 0.4) is 0 Å². The monoisotopic (exact) mass is 1170 g/mol. The van der Waals surface area contributed by atoms with Crippen LogP contribution in [0.4, 0.5) is 52.7 Å². The smallest absolute Gasteiger partial charge is 0.387 e. The fourth-order valence-corrected chi connectivity index (χ4v) is 8.51. The molecule has 0 aliphatic rings. The number of aromatic hydroxyl groups is 1. The van der Waals surface area contributed by atoms with Crippen molar-refractivity contribution in [3.63, 3.8) is 0 Å². The van der Waals surface area contributed by atoms with Crippen LogP contribution in [-0.4, -0.2) is 92.6 Å². The number of hydrogen-bond donors (Lipinski definition) is 3. The van der Waals surface area contributed by atoms with E-state index < -0.39 is 99.4 Å². The molecule has 0 aliphatic carbocycles. The zero-order valence-electron chi connectivity index (χ0n) is 38.0. The number of hydrogen-bond acceptors (Lipinski definition) is 12. The molecular weight excluding hydrogens is 1120 g/mol. The number of ether oxygens (including phenoxy) is 4. The van der Waals surface area contributed by atoms with E-state index in [0.717, 1.165) is 66.7 Å². The van der Waals surface area contributed by atoms with Crippen LogP contribution in [-0.2, 0) is 23.0 Å². The fourth-order valence-electron chi connectivity index (χ4n) is 4.78. The lowest BCUT2D eigenvalue weighted by Crippen LogP contribution is -2.27. The molecular formula is C44H49BrF12NO13PSi. The SMILES string of the molecule is C.CCOCP(=O)(CC(F)(F)Br)OCC.O=C(O)C(O)c1cc(F)ccc1OC(F)F.O=Cc1cc(F)ccc1O.O=Cc1cc(F)ccc1OC(F)F.[C-]#[N+]C(O[Si](C)(C)C)c1cc(F)ccc1OC(F)F. The summed E-state index contributed by atoms with van der Waals surface area (Å²) in [7, 11) is -5.46. The molecule has 0 heterocycles. The maximum atomic E-state index is 13.2. The van der Waals surface area contributed by atoms with Crippen molar-refractivity contribution in [2.75, 3.05) is 25.7 Å². The van der Waals surface area contributed by atoms with Gasteiger partial charge in [0, 0.05) is 12.2 Å². The highest BCUT2D eigenvalue weighted by Gasteiger charge is 2.37. The maximum absolute atomic E-state index is 13.2. The minimum absolute atomic E-state index is 0. The highest BCUT2D eigenvalue weighted by molar-refractivity contribution is 9.10. The van der Waals surface area contributed by atoms with Crippen LogP contribution in [0.25, 0.3) is 4.85 Å². The number of rotatable bonds is 20. The number of nitrogens with zero attached hydrogens (tertiary/aromatic N) is 1. The molecule has 4 aromatic carbocycles. The van der Waals surface area contributed by atoms with Gasteiger partial charge in [-0.15, -0.1) is 0 Å². The lowest BCUT2D eigenvalue weighted by Gasteiger charge is -2.20. The molecule has 73 heavy (non-hydrogen) atoms. The Hall–Kier alpha value is -5.69. The first kappa shape index (κ1) is 69.4. The second-order valence-corrected chi connectivity index (χ2v) is 22.3. The summed E-state index contributed by atoms with van der Waals surface area (Å²) in [6.07, 6.45) is -3.72. The predicted molar refractivity (Wildman–Crippen MR) is 246 cm³/mol. The van der Waals surface area contributed by atoms with Gasteiger partial charge in [-0.1, -0.05) is 7.43 Å². The molecule has 3 N–H and O–H groups in total. The van der Waals surface area contributed by atoms with Gasteiger partial charge in [-0.05, 0) is 122 Å². The first-order valence-electron chi connectivity index (χ1n) is 19.8. The molecule has 0 aromatic heterocycles. The molecule has 0 radical (unpaired) electrons. The van der Waals surface area contributed by atoms with Crippen molar-refractivity contribution in [2.45, 2.75) is 77.9 Å². The summed E-state index contributed by atoms with van der Waals surface area (Å²) in [5, 5.41) is 26.4. The van der Waals surface area contributed by atoms with Crippen molar-refractivity contribution in [3.8, 4) is 23.0 Å². The van der Waals surface area contributed by atoms with Crippen LogP contribution < -0.4 is 14.2 Å². The van der Waals surface area contributed by atoms with Crippen molar-refractivity contribution in [2.24, 2.45) is 0 Å². The molecule has 0 spiro atoms. The summed E-state index contributed by atoms with van der Waals surface area (Å²) >= 11 is 2.14. The largest absolute Gasteiger partial charge is 0.507 e. The average molecular weight is 1170 g/mol. The van der Waals surface area contributed by atoms with Crippen LogP contribution in [0.1, 0.15) is 65.4 Å². The van der Waals surface area contributed by atoms with Crippen molar-refractivity contribution in [1.29, 1.82) is 0 Å². The van der Waals surface area contributed by atoms with Gasteiger partial charge in [-0.3, -0.25) is 19.0 Å². The Balaban J connectivity index is 0. The third kappa shape index (κ3) is 29.6. The number of benzene rings is 4. The third-order valence-electron chi connectivity index (χ3n) is 7.46. The molecule has 3 unspecified atom stereocenters. The average Bonchev–Trinajstić information content (AvgIpc) is 3.27. The third-order valence-corrected chi connectivity index (χ3v) is 11.3. The summed E-state index contributed by atoms with van der Waals surface area (Å²) in [5.74, 6) is -5.74. The van der Waals surface area contributed by atoms with Gasteiger partial charge in [0.25, 0.3) is 0 Å². The summed E-state index contributed by atoms with van der Waals surface area (Å²) in [6, 6.07) is 11.2. The molecule has 0 amide bonds. The number of halogens is 13. The summed E-state index contributed by atoms with van der Waals surface area (Å²) in [6.45, 7) is 7.12. The minimum atomic E-state index is -3.38. The number of aliphatic hydroxyl groups is 1. The van der Waals surface area contributed by atoms with E-state index >= 15 is 0 Å². The number of aliphatic hydroxyl groups excluding tert-OH is 1. The molecule has 0 saturated heterocycles. The number of phenolic OH excluding ortho intramolecular Hbond substituents is 1. The normalized spacial score (nSPS) is 12.5. The van der Waals surface area contributed by atoms with E-state index in [1.165, 1.54) is 0 Å². The van der Waals surface area contributed by atoms with Gasteiger partial charge in [-0.25, -0.2) is 28.9 Å². The Kier molecular flexibility index (Phi) is 32.2. The quantitative estimate of drug-likeness (QED) is 0.0189. The first-order chi connectivity index (χ1) is 33.3. The number of carboxylic acids is 1. The van der Waals surface area contributed by atoms with Gasteiger partial charge in [0.15, 0.2) is 27.0 Å². The van der Waals surface area contributed by atoms with Crippen molar-refractivity contribution in [3.05, 3.63) is 130 Å². The number of phenols is 1. The lowest BCUT2D eigenvalue weighted by atomic mass is 10.1. The number of carbonyl (C=O) groups is 3. The Labute approximate surface area is 420 Å². The highest BCUT2D eigenvalue weighted by Crippen LogP contribution is 2.52. The Morgan fingerprint density at radius 3 is 1.53 bits per heavy atom. The molecule has 408 valence electrons. The molecule has 29 heteroatoms. The zero-order valence-corrected chi connectivity index (χ0v) is 41.5. The standard InChI is InChI=1S/C12H14F3NO2Si.C9H7F3O4.C8H5F3O2.C7H14BrF2O3P.C7H5FO2.CH4/c1-16-11(18-19(2,3)4)9-7-8(13)5-6-10(9)17-12(14)15;10-4-1-2-6(16-9(11)12)5(3-4)7(13)8(14)15;9-6-1-2-7(13-8(10)11)5(3-6)4-12;1-3-12-6-14(11,13-4-2)5-7(8,9)10;8-6-1-2-7(10)5(3-6)4-9;/h5-7,11-12H,2-4H3;1-3,7,9,13H,(H,14,15);1-4,8H;3-6H2,1-2H3;1-4,10H;1H4. The molecule has 0 fully saturated rings. The number of aliphatic carboxylic acids is 1. The molecule has 0 bridgehead atoms. The Morgan fingerprint density at radius 2 is 1.15 bits per heavy atom. The number of carboxylic acid groups (broad SMARTS) is 1.